The van der Waals surface area contributed by atoms with Gasteiger partial charge in [-0.15, -0.1) is 0 Å². The van der Waals surface area contributed by atoms with Crippen molar-refractivity contribution < 1.29 is 4.74 Å². The minimum Gasteiger partial charge on any atom is -0.428 e. The van der Waals surface area contributed by atoms with Crippen LogP contribution in [0.1, 0.15) is 19.4 Å². The van der Waals surface area contributed by atoms with Crippen LogP contribution in [-0.2, 0) is 4.74 Å². The molecule has 3 nitrogen and oxygen atoms in total. The second-order valence-corrected chi connectivity index (χ2v) is 1.93. The third kappa shape index (κ3) is 4.06. The van der Waals surface area contributed by atoms with E-state index in [0.717, 1.165) is 6.40 Å². The molecule has 0 saturated carbocycles. The molecule has 0 aliphatic rings. The monoisotopic (exact) mass is 178 g/mol. The summed E-state index contributed by atoms with van der Waals surface area (Å²) >= 11 is 0. The van der Waals surface area contributed by atoms with Crippen molar-refractivity contribution in [3.05, 3.63) is 35.9 Å². The van der Waals surface area contributed by atoms with Gasteiger partial charge in [0.1, 0.15) is 0 Å². The average Bonchev–Trinajstić information content (AvgIpc) is 2.23. The van der Waals surface area contributed by atoms with Crippen LogP contribution in [0.4, 0.5) is 0 Å². The number of rotatable bonds is 2. The van der Waals surface area contributed by atoms with Crippen LogP contribution in [0.5, 0.6) is 0 Å². The highest BCUT2D eigenvalue weighted by Gasteiger charge is 1.97. The molecule has 3 heteroatoms. The Kier molecular flexibility index (Phi) is 6.15. The number of hydrogen-bond donors (Lipinski definition) is 2. The fraction of sp³-hybridized carbons (Fsp3) is 0.200. The first-order chi connectivity index (χ1) is 6.34. The normalized spacial score (nSPS) is 7.85. The van der Waals surface area contributed by atoms with Crippen molar-refractivity contribution in [2.75, 3.05) is 0 Å². The Morgan fingerprint density at radius 2 is 1.77 bits per heavy atom. The van der Waals surface area contributed by atoms with Crippen molar-refractivity contribution in [3.8, 4) is 0 Å². The molecule has 0 aliphatic heterocycles. The van der Waals surface area contributed by atoms with Crippen LogP contribution in [0.2, 0.25) is 0 Å². The SMILES string of the molecule is CC.N=COC(=N)c1ccccc1. The summed E-state index contributed by atoms with van der Waals surface area (Å²) in [6, 6.07) is 9.01. The molecule has 0 atom stereocenters. The molecular formula is C10H14N2O. The van der Waals surface area contributed by atoms with Crippen LogP contribution >= 0.6 is 0 Å². The smallest absolute Gasteiger partial charge is 0.220 e. The molecule has 0 heterocycles. The van der Waals surface area contributed by atoms with Gasteiger partial charge in [0.2, 0.25) is 5.90 Å². The van der Waals surface area contributed by atoms with E-state index in [1.54, 1.807) is 12.1 Å². The van der Waals surface area contributed by atoms with Crippen molar-refractivity contribution in [1.29, 1.82) is 10.8 Å². The van der Waals surface area contributed by atoms with E-state index >= 15 is 0 Å². The van der Waals surface area contributed by atoms with E-state index in [1.165, 1.54) is 0 Å². The summed E-state index contributed by atoms with van der Waals surface area (Å²) in [5, 5.41) is 13.9. The summed E-state index contributed by atoms with van der Waals surface area (Å²) in [5.41, 5.74) is 0.677. The summed E-state index contributed by atoms with van der Waals surface area (Å²) in [5.74, 6) is 0.000556. The number of benzene rings is 1. The Balaban J connectivity index is 0.000000671. The van der Waals surface area contributed by atoms with Gasteiger partial charge in [-0.3, -0.25) is 10.8 Å². The molecule has 0 spiro atoms. The topological polar surface area (TPSA) is 56.9 Å². The van der Waals surface area contributed by atoms with Gasteiger partial charge in [-0.2, -0.15) is 0 Å². The first-order valence-electron chi connectivity index (χ1n) is 4.14. The van der Waals surface area contributed by atoms with Gasteiger partial charge in [-0.25, -0.2) is 0 Å². The van der Waals surface area contributed by atoms with E-state index in [9.17, 15) is 0 Å². The standard InChI is InChI=1S/C8H8N2O.C2H6/c9-6-11-8(10)7-4-2-1-3-5-7;1-2/h1-6,9-10H;1-2H3. The molecule has 0 radical (unpaired) electrons. The molecular weight excluding hydrogens is 164 g/mol. The lowest BCUT2D eigenvalue weighted by Crippen LogP contribution is -2.02. The lowest BCUT2D eigenvalue weighted by molar-refractivity contribution is 0.561. The van der Waals surface area contributed by atoms with Crippen LogP contribution in [0.3, 0.4) is 0 Å². The maximum Gasteiger partial charge on any atom is 0.220 e. The van der Waals surface area contributed by atoms with E-state index in [2.05, 4.69) is 4.74 Å². The van der Waals surface area contributed by atoms with Crippen LogP contribution in [0.15, 0.2) is 30.3 Å². The van der Waals surface area contributed by atoms with Crippen molar-refractivity contribution in [3.63, 3.8) is 0 Å². The van der Waals surface area contributed by atoms with Crippen LogP contribution < -0.4 is 0 Å². The third-order valence-electron chi connectivity index (χ3n) is 1.21. The van der Waals surface area contributed by atoms with Gasteiger partial charge in [-0.1, -0.05) is 32.0 Å². The summed E-state index contributed by atoms with van der Waals surface area (Å²) < 4.78 is 4.55. The number of nitrogens with one attached hydrogen (secondary N) is 2. The van der Waals surface area contributed by atoms with Gasteiger partial charge in [-0.05, 0) is 12.1 Å². The fourth-order valence-corrected chi connectivity index (χ4v) is 0.716. The van der Waals surface area contributed by atoms with E-state index < -0.39 is 0 Å². The third-order valence-corrected chi connectivity index (χ3v) is 1.21. The molecule has 0 amide bonds. The zero-order valence-corrected chi connectivity index (χ0v) is 7.87. The molecule has 0 saturated heterocycles. The molecule has 13 heavy (non-hydrogen) atoms. The number of hydrogen-bond acceptors (Lipinski definition) is 3. The highest BCUT2D eigenvalue weighted by Crippen LogP contribution is 1.99. The Labute approximate surface area is 78.4 Å². The van der Waals surface area contributed by atoms with Gasteiger partial charge < -0.3 is 4.74 Å². The maximum absolute atomic E-state index is 7.26. The van der Waals surface area contributed by atoms with Crippen molar-refractivity contribution in [1.82, 2.24) is 0 Å². The van der Waals surface area contributed by atoms with Crippen LogP contribution in [0, 0.1) is 10.8 Å². The molecule has 70 valence electrons. The molecule has 0 fully saturated rings. The van der Waals surface area contributed by atoms with Crippen molar-refractivity contribution in [2.24, 2.45) is 0 Å². The fourth-order valence-electron chi connectivity index (χ4n) is 0.716. The maximum atomic E-state index is 7.26. The summed E-state index contributed by atoms with van der Waals surface area (Å²) in [6.07, 6.45) is 0.745. The lowest BCUT2D eigenvalue weighted by Gasteiger charge is -1.98. The molecule has 1 rings (SSSR count). The van der Waals surface area contributed by atoms with E-state index in [4.69, 9.17) is 10.8 Å². The predicted octanol–water partition coefficient (Wildman–Crippen LogP) is 2.66. The molecule has 0 aromatic heterocycles. The Hall–Kier alpha value is -1.64. The molecule has 0 unspecified atom stereocenters. The Bertz CT molecular complexity index is 257. The van der Waals surface area contributed by atoms with Gasteiger partial charge >= 0.3 is 0 Å². The average molecular weight is 178 g/mol. The van der Waals surface area contributed by atoms with Gasteiger partial charge in [0.05, 0.1) is 0 Å². The number of ether oxygens (including phenoxy) is 1. The Morgan fingerprint density at radius 3 is 2.23 bits per heavy atom. The van der Waals surface area contributed by atoms with Gasteiger partial charge in [0, 0.05) is 5.56 Å². The second kappa shape index (κ2) is 7.03. The first kappa shape index (κ1) is 11.4. The zero-order valence-electron chi connectivity index (χ0n) is 7.87. The summed E-state index contributed by atoms with van der Waals surface area (Å²) in [6.45, 7) is 4.00. The molecule has 1 aromatic rings. The summed E-state index contributed by atoms with van der Waals surface area (Å²) in [4.78, 5) is 0. The minimum atomic E-state index is 0.000556. The summed E-state index contributed by atoms with van der Waals surface area (Å²) in [7, 11) is 0. The quantitative estimate of drug-likeness (QED) is 0.531. The highest BCUT2D eigenvalue weighted by molar-refractivity contribution is 5.95. The zero-order chi connectivity index (χ0) is 10.1. The molecule has 0 aliphatic carbocycles. The molecule has 0 bridgehead atoms. The molecule has 2 N–H and O–H groups in total. The second-order valence-electron chi connectivity index (χ2n) is 1.93. The largest absolute Gasteiger partial charge is 0.428 e. The first-order valence-corrected chi connectivity index (χ1v) is 4.14. The van der Waals surface area contributed by atoms with E-state index in [-0.39, 0.29) is 5.90 Å². The lowest BCUT2D eigenvalue weighted by atomic mass is 10.2. The van der Waals surface area contributed by atoms with Crippen molar-refractivity contribution >= 4 is 12.3 Å². The van der Waals surface area contributed by atoms with Gasteiger partial charge in [0.25, 0.3) is 0 Å². The van der Waals surface area contributed by atoms with E-state index in [1.807, 2.05) is 32.0 Å². The van der Waals surface area contributed by atoms with Gasteiger partial charge in [0.15, 0.2) is 6.40 Å². The minimum absolute atomic E-state index is 0.000556. The predicted molar refractivity (Wildman–Crippen MR) is 54.5 cm³/mol. The van der Waals surface area contributed by atoms with Crippen LogP contribution in [0.25, 0.3) is 0 Å². The van der Waals surface area contributed by atoms with Crippen LogP contribution in [-0.4, -0.2) is 12.3 Å². The van der Waals surface area contributed by atoms with Crippen molar-refractivity contribution in [2.45, 2.75) is 13.8 Å². The highest BCUT2D eigenvalue weighted by atomic mass is 16.5. The Morgan fingerprint density at radius 1 is 1.23 bits per heavy atom. The molecule has 1 aromatic carbocycles. The van der Waals surface area contributed by atoms with E-state index in [0.29, 0.717) is 5.56 Å².